The van der Waals surface area contributed by atoms with Crippen molar-refractivity contribution in [2.45, 2.75) is 19.4 Å². The largest absolute Gasteiger partial charge is 0.319 e. The lowest BCUT2D eigenvalue weighted by atomic mass is 10.0. The van der Waals surface area contributed by atoms with Crippen molar-refractivity contribution < 1.29 is 0 Å². The predicted molar refractivity (Wildman–Crippen MR) is 61.7 cm³/mol. The highest BCUT2D eigenvalue weighted by Gasteiger charge is 2.13. The van der Waals surface area contributed by atoms with Gasteiger partial charge in [-0.1, -0.05) is 13.0 Å². The molecule has 0 aromatic carbocycles. The van der Waals surface area contributed by atoms with Crippen molar-refractivity contribution in [1.29, 1.82) is 0 Å². The molecule has 4 nitrogen and oxygen atoms in total. The van der Waals surface area contributed by atoms with Crippen LogP contribution in [0.4, 0.5) is 0 Å². The van der Waals surface area contributed by atoms with E-state index in [4.69, 9.17) is 5.73 Å². The first-order valence-electron chi connectivity index (χ1n) is 5.27. The summed E-state index contributed by atoms with van der Waals surface area (Å²) in [6.07, 6.45) is 7.63. The molecule has 0 aliphatic rings. The van der Waals surface area contributed by atoms with E-state index in [1.165, 1.54) is 11.9 Å². The highest BCUT2D eigenvalue weighted by atomic mass is 14.8. The second-order valence-corrected chi connectivity index (χ2v) is 3.55. The third-order valence-corrected chi connectivity index (χ3v) is 2.54. The molecule has 0 fully saturated rings. The summed E-state index contributed by atoms with van der Waals surface area (Å²) in [5, 5.41) is 0. The second-order valence-electron chi connectivity index (χ2n) is 3.55. The molecule has 0 saturated carbocycles. The zero-order chi connectivity index (χ0) is 11.4. The van der Waals surface area contributed by atoms with Crippen molar-refractivity contribution >= 4 is 0 Å². The number of rotatable bonds is 3. The Morgan fingerprint density at radius 3 is 2.75 bits per heavy atom. The van der Waals surface area contributed by atoms with Gasteiger partial charge in [-0.25, -0.2) is 9.97 Å². The maximum atomic E-state index is 6.15. The van der Waals surface area contributed by atoms with Crippen LogP contribution >= 0.6 is 0 Å². The SMILES string of the molecule is CCc1cccnc1C(N)c1cncnc1. The Morgan fingerprint density at radius 1 is 1.31 bits per heavy atom. The van der Waals surface area contributed by atoms with Crippen molar-refractivity contribution in [3.8, 4) is 0 Å². The van der Waals surface area contributed by atoms with Crippen LogP contribution in [0.2, 0.25) is 0 Å². The van der Waals surface area contributed by atoms with Gasteiger partial charge < -0.3 is 5.73 Å². The summed E-state index contributed by atoms with van der Waals surface area (Å²) in [5.41, 5.74) is 9.10. The molecule has 0 aliphatic carbocycles. The van der Waals surface area contributed by atoms with E-state index in [1.54, 1.807) is 18.6 Å². The highest BCUT2D eigenvalue weighted by molar-refractivity contribution is 5.29. The molecule has 1 atom stereocenters. The van der Waals surface area contributed by atoms with Crippen molar-refractivity contribution in [2.24, 2.45) is 5.73 Å². The predicted octanol–water partition coefficient (Wildman–Crippen LogP) is 1.48. The lowest BCUT2D eigenvalue weighted by Gasteiger charge is -2.13. The van der Waals surface area contributed by atoms with Crippen molar-refractivity contribution in [2.75, 3.05) is 0 Å². The lowest BCUT2D eigenvalue weighted by Crippen LogP contribution is -2.16. The van der Waals surface area contributed by atoms with Gasteiger partial charge in [0.2, 0.25) is 0 Å². The molecule has 2 aromatic rings. The molecule has 0 radical (unpaired) electrons. The third-order valence-electron chi connectivity index (χ3n) is 2.54. The molecule has 0 aliphatic heterocycles. The third kappa shape index (κ3) is 2.06. The Kier molecular flexibility index (Phi) is 3.22. The Labute approximate surface area is 94.6 Å². The first-order chi connectivity index (χ1) is 7.83. The van der Waals surface area contributed by atoms with Crippen molar-refractivity contribution in [1.82, 2.24) is 15.0 Å². The Balaban J connectivity index is 2.37. The number of pyridine rings is 1. The van der Waals surface area contributed by atoms with Crippen molar-refractivity contribution in [3.05, 3.63) is 53.9 Å². The van der Waals surface area contributed by atoms with Crippen LogP contribution in [0.1, 0.15) is 29.8 Å². The van der Waals surface area contributed by atoms with Crippen LogP contribution < -0.4 is 5.73 Å². The quantitative estimate of drug-likeness (QED) is 0.840. The van der Waals surface area contributed by atoms with Crippen LogP contribution in [0.15, 0.2) is 37.1 Å². The number of aromatic nitrogens is 3. The molecular weight excluding hydrogens is 200 g/mol. The van der Waals surface area contributed by atoms with Crippen molar-refractivity contribution in [3.63, 3.8) is 0 Å². The van der Waals surface area contributed by atoms with E-state index in [-0.39, 0.29) is 6.04 Å². The number of hydrogen-bond donors (Lipinski definition) is 1. The first-order valence-corrected chi connectivity index (χ1v) is 5.27. The molecular formula is C12H14N4. The fourth-order valence-electron chi connectivity index (χ4n) is 1.66. The summed E-state index contributed by atoms with van der Waals surface area (Å²) in [6, 6.07) is 3.72. The van der Waals surface area contributed by atoms with Gasteiger partial charge in [-0.2, -0.15) is 0 Å². The van der Waals surface area contributed by atoms with Gasteiger partial charge in [-0.15, -0.1) is 0 Å². The standard InChI is InChI=1S/C12H14N4/c1-2-9-4-3-5-16-12(9)11(13)10-6-14-8-15-7-10/h3-8,11H,2,13H2,1H3. The summed E-state index contributed by atoms with van der Waals surface area (Å²) in [5.74, 6) is 0. The minimum absolute atomic E-state index is 0.252. The topological polar surface area (TPSA) is 64.7 Å². The second kappa shape index (κ2) is 4.81. The molecule has 4 heteroatoms. The average molecular weight is 214 g/mol. The van der Waals surface area contributed by atoms with Gasteiger partial charge in [0, 0.05) is 24.2 Å². The molecule has 16 heavy (non-hydrogen) atoms. The van der Waals surface area contributed by atoms with E-state index < -0.39 is 0 Å². The fraction of sp³-hybridized carbons (Fsp3) is 0.250. The number of hydrogen-bond acceptors (Lipinski definition) is 4. The molecule has 1 unspecified atom stereocenters. The van der Waals surface area contributed by atoms with Crippen LogP contribution in [-0.2, 0) is 6.42 Å². The minimum Gasteiger partial charge on any atom is -0.319 e. The molecule has 82 valence electrons. The van der Waals surface area contributed by atoms with Crippen LogP contribution in [0.5, 0.6) is 0 Å². The molecule has 0 saturated heterocycles. The maximum absolute atomic E-state index is 6.15. The molecule has 2 aromatic heterocycles. The van der Waals surface area contributed by atoms with Crippen LogP contribution in [0.3, 0.4) is 0 Å². The smallest absolute Gasteiger partial charge is 0.115 e. The van der Waals surface area contributed by atoms with Gasteiger partial charge >= 0.3 is 0 Å². The number of nitrogens with zero attached hydrogens (tertiary/aromatic N) is 3. The molecule has 2 N–H and O–H groups in total. The normalized spacial score (nSPS) is 12.4. The van der Waals surface area contributed by atoms with Crippen LogP contribution in [0.25, 0.3) is 0 Å². The zero-order valence-corrected chi connectivity index (χ0v) is 9.17. The van der Waals surface area contributed by atoms with Gasteiger partial charge in [0.05, 0.1) is 11.7 Å². The fourth-order valence-corrected chi connectivity index (χ4v) is 1.66. The van der Waals surface area contributed by atoms with E-state index in [0.717, 1.165) is 17.7 Å². The minimum atomic E-state index is -0.252. The molecule has 0 bridgehead atoms. The number of nitrogens with two attached hydrogens (primary N) is 1. The Bertz CT molecular complexity index is 456. The summed E-state index contributed by atoms with van der Waals surface area (Å²) in [6.45, 7) is 2.09. The van der Waals surface area contributed by atoms with E-state index >= 15 is 0 Å². The van der Waals surface area contributed by atoms with Gasteiger partial charge in [0.25, 0.3) is 0 Å². The van der Waals surface area contributed by atoms with Crippen LogP contribution in [-0.4, -0.2) is 15.0 Å². The molecule has 0 amide bonds. The maximum Gasteiger partial charge on any atom is 0.115 e. The summed E-state index contributed by atoms with van der Waals surface area (Å²) in [7, 11) is 0. The zero-order valence-electron chi connectivity index (χ0n) is 9.17. The Hall–Kier alpha value is -1.81. The summed E-state index contributed by atoms with van der Waals surface area (Å²) >= 11 is 0. The molecule has 2 rings (SSSR count). The average Bonchev–Trinajstić information content (AvgIpc) is 2.39. The summed E-state index contributed by atoms with van der Waals surface area (Å²) < 4.78 is 0. The lowest BCUT2D eigenvalue weighted by molar-refractivity contribution is 0.793. The number of aryl methyl sites for hydroxylation is 1. The van der Waals surface area contributed by atoms with Gasteiger partial charge in [-0.3, -0.25) is 4.98 Å². The molecule has 0 spiro atoms. The molecule has 2 heterocycles. The summed E-state index contributed by atoms with van der Waals surface area (Å²) in [4.78, 5) is 12.3. The van der Waals surface area contributed by atoms with E-state index in [1.807, 2.05) is 12.1 Å². The van der Waals surface area contributed by atoms with E-state index in [0.29, 0.717) is 0 Å². The van der Waals surface area contributed by atoms with Gasteiger partial charge in [-0.05, 0) is 18.1 Å². The van der Waals surface area contributed by atoms with E-state index in [9.17, 15) is 0 Å². The monoisotopic (exact) mass is 214 g/mol. The van der Waals surface area contributed by atoms with Crippen LogP contribution in [0, 0.1) is 0 Å². The van der Waals surface area contributed by atoms with Gasteiger partial charge in [0.15, 0.2) is 0 Å². The van der Waals surface area contributed by atoms with Gasteiger partial charge in [0.1, 0.15) is 6.33 Å². The van der Waals surface area contributed by atoms with E-state index in [2.05, 4.69) is 21.9 Å². The Morgan fingerprint density at radius 2 is 2.06 bits per heavy atom. The highest BCUT2D eigenvalue weighted by Crippen LogP contribution is 2.19. The first kappa shape index (κ1) is 10.7.